The van der Waals surface area contributed by atoms with Crippen LogP contribution in [0.3, 0.4) is 0 Å². The molecule has 1 aliphatic heterocycles. The minimum atomic E-state index is -0.660. The number of nitrogens with zero attached hydrogens (tertiary/aromatic N) is 3. The molecule has 0 spiro atoms. The highest BCUT2D eigenvalue weighted by atomic mass is 19.1. The van der Waals surface area contributed by atoms with Crippen molar-refractivity contribution in [3.05, 3.63) is 53.9 Å². The Hall–Kier alpha value is -2.21. The number of aromatic nitrogens is 2. The molecule has 122 valence electrons. The van der Waals surface area contributed by atoms with Crippen LogP contribution >= 0.6 is 0 Å². The van der Waals surface area contributed by atoms with E-state index in [-0.39, 0.29) is 24.2 Å². The van der Waals surface area contributed by atoms with Crippen molar-refractivity contribution in [3.63, 3.8) is 0 Å². The van der Waals surface area contributed by atoms with Gasteiger partial charge < -0.3 is 14.6 Å². The van der Waals surface area contributed by atoms with E-state index < -0.39 is 6.10 Å². The van der Waals surface area contributed by atoms with Crippen LogP contribution in [0, 0.1) is 11.7 Å². The van der Waals surface area contributed by atoms with Crippen molar-refractivity contribution in [2.24, 2.45) is 13.0 Å². The molecule has 1 amide bonds. The van der Waals surface area contributed by atoms with Crippen molar-refractivity contribution in [1.29, 1.82) is 0 Å². The minimum absolute atomic E-state index is 0.0441. The van der Waals surface area contributed by atoms with E-state index in [1.54, 1.807) is 47.1 Å². The molecule has 1 aliphatic rings. The average molecular weight is 317 g/mol. The number of aliphatic hydroxyl groups is 1. The molecule has 2 aromatic rings. The number of carbonyl (C=O) groups is 1. The molecule has 5 nitrogen and oxygen atoms in total. The Labute approximate surface area is 134 Å². The van der Waals surface area contributed by atoms with Crippen LogP contribution in [0.2, 0.25) is 0 Å². The summed E-state index contributed by atoms with van der Waals surface area (Å²) in [5.41, 5.74) is 0.612. The van der Waals surface area contributed by atoms with Gasteiger partial charge >= 0.3 is 0 Å². The molecule has 0 saturated carbocycles. The summed E-state index contributed by atoms with van der Waals surface area (Å²) in [6.07, 6.45) is 3.76. The predicted molar refractivity (Wildman–Crippen MR) is 83.3 cm³/mol. The molecule has 0 unspecified atom stereocenters. The summed E-state index contributed by atoms with van der Waals surface area (Å²) in [6.45, 7) is 0.798. The lowest BCUT2D eigenvalue weighted by molar-refractivity contribution is 0.0187. The molecule has 1 saturated heterocycles. The van der Waals surface area contributed by atoms with Gasteiger partial charge in [0.05, 0.1) is 6.10 Å². The van der Waals surface area contributed by atoms with Crippen LogP contribution in [0.1, 0.15) is 22.6 Å². The van der Waals surface area contributed by atoms with Gasteiger partial charge in [-0.05, 0) is 30.4 Å². The predicted octanol–water partition coefficient (Wildman–Crippen LogP) is 1.62. The molecule has 1 N–H and O–H groups in total. The van der Waals surface area contributed by atoms with Gasteiger partial charge in [0.2, 0.25) is 0 Å². The Morgan fingerprint density at radius 2 is 2.22 bits per heavy atom. The molecule has 2 heterocycles. The fourth-order valence-corrected chi connectivity index (χ4v) is 3.06. The van der Waals surface area contributed by atoms with E-state index >= 15 is 0 Å². The van der Waals surface area contributed by atoms with Crippen molar-refractivity contribution >= 4 is 5.91 Å². The van der Waals surface area contributed by atoms with E-state index in [1.165, 1.54) is 6.07 Å². The maximum Gasteiger partial charge on any atom is 0.289 e. The number of piperidine rings is 1. The second-order valence-corrected chi connectivity index (χ2v) is 6.02. The van der Waals surface area contributed by atoms with Crippen molar-refractivity contribution in [2.75, 3.05) is 13.1 Å². The number of hydrogen-bond donors (Lipinski definition) is 1. The van der Waals surface area contributed by atoms with Crippen LogP contribution in [-0.4, -0.2) is 44.7 Å². The topological polar surface area (TPSA) is 58.4 Å². The van der Waals surface area contributed by atoms with Gasteiger partial charge in [0.25, 0.3) is 5.91 Å². The number of aliphatic hydroxyl groups excluding tert-OH is 1. The molecule has 1 aromatic heterocycles. The Balaban J connectivity index is 1.65. The Morgan fingerprint density at radius 1 is 1.43 bits per heavy atom. The molecule has 2 atom stereocenters. The average Bonchev–Trinajstić information content (AvgIpc) is 2.96. The molecule has 1 aromatic carbocycles. The maximum absolute atomic E-state index is 13.7. The maximum atomic E-state index is 13.7. The van der Waals surface area contributed by atoms with Crippen LogP contribution in [-0.2, 0) is 13.5 Å². The highest BCUT2D eigenvalue weighted by Crippen LogP contribution is 2.24. The Morgan fingerprint density at radius 3 is 2.87 bits per heavy atom. The summed E-state index contributed by atoms with van der Waals surface area (Å²) in [4.78, 5) is 18.1. The van der Waals surface area contributed by atoms with Crippen LogP contribution in [0.25, 0.3) is 0 Å². The van der Waals surface area contributed by atoms with Gasteiger partial charge in [-0.3, -0.25) is 4.79 Å². The zero-order valence-electron chi connectivity index (χ0n) is 13.0. The highest BCUT2D eigenvalue weighted by Gasteiger charge is 2.32. The minimum Gasteiger partial charge on any atom is -0.391 e. The molecule has 0 aliphatic carbocycles. The van der Waals surface area contributed by atoms with Crippen LogP contribution in [0.5, 0.6) is 0 Å². The van der Waals surface area contributed by atoms with E-state index in [2.05, 4.69) is 4.98 Å². The van der Waals surface area contributed by atoms with Gasteiger partial charge in [-0.2, -0.15) is 0 Å². The fourth-order valence-electron chi connectivity index (χ4n) is 3.06. The van der Waals surface area contributed by atoms with Gasteiger partial charge in [-0.1, -0.05) is 18.2 Å². The number of likely N-dealkylation sites (tertiary alicyclic amines) is 1. The number of benzene rings is 1. The number of β-amino-alcohol motifs (C(OH)–C–C–N with tert-alkyl or cyclic N) is 1. The zero-order valence-corrected chi connectivity index (χ0v) is 13.0. The summed E-state index contributed by atoms with van der Waals surface area (Å²) in [5, 5.41) is 10.4. The largest absolute Gasteiger partial charge is 0.391 e. The van der Waals surface area contributed by atoms with Crippen molar-refractivity contribution in [2.45, 2.75) is 18.9 Å². The first-order chi connectivity index (χ1) is 11.1. The first kappa shape index (κ1) is 15.7. The Bertz CT molecular complexity index is 701. The number of rotatable bonds is 3. The zero-order chi connectivity index (χ0) is 16.4. The summed E-state index contributed by atoms with van der Waals surface area (Å²) >= 11 is 0. The summed E-state index contributed by atoms with van der Waals surface area (Å²) in [5.74, 6) is -0.103. The van der Waals surface area contributed by atoms with E-state index in [9.17, 15) is 14.3 Å². The fraction of sp³-hybridized carbons (Fsp3) is 0.412. The smallest absolute Gasteiger partial charge is 0.289 e. The summed E-state index contributed by atoms with van der Waals surface area (Å²) in [7, 11) is 1.77. The second kappa shape index (κ2) is 6.50. The van der Waals surface area contributed by atoms with E-state index in [0.717, 1.165) is 0 Å². The first-order valence-electron chi connectivity index (χ1n) is 7.74. The lowest BCUT2D eigenvalue weighted by atomic mass is 9.87. The van der Waals surface area contributed by atoms with Crippen molar-refractivity contribution < 1.29 is 14.3 Å². The molecular weight excluding hydrogens is 297 g/mol. The molecule has 0 radical (unpaired) electrons. The van der Waals surface area contributed by atoms with E-state index in [4.69, 9.17) is 0 Å². The van der Waals surface area contributed by atoms with Crippen molar-refractivity contribution in [3.8, 4) is 0 Å². The molecule has 0 bridgehead atoms. The van der Waals surface area contributed by atoms with Crippen LogP contribution in [0.4, 0.5) is 4.39 Å². The highest BCUT2D eigenvalue weighted by molar-refractivity contribution is 5.90. The standard InChI is InChI=1S/C17H20FN3O2/c1-20-9-7-19-16(20)17(23)21-8-6-13(15(22)11-21)10-12-4-2-3-5-14(12)18/h2-5,7,9,13,15,22H,6,8,10-11H2,1H3/t13-,15+/m1/s1. The van der Waals surface area contributed by atoms with Crippen LogP contribution < -0.4 is 0 Å². The summed E-state index contributed by atoms with van der Waals surface area (Å²) in [6, 6.07) is 6.63. The molecular formula is C17H20FN3O2. The second-order valence-electron chi connectivity index (χ2n) is 6.02. The third kappa shape index (κ3) is 3.27. The third-order valence-electron chi connectivity index (χ3n) is 4.46. The van der Waals surface area contributed by atoms with Gasteiger partial charge in [-0.25, -0.2) is 9.37 Å². The Kier molecular flexibility index (Phi) is 4.43. The lowest BCUT2D eigenvalue weighted by Gasteiger charge is -2.35. The van der Waals surface area contributed by atoms with E-state index in [1.807, 2.05) is 0 Å². The first-order valence-corrected chi connectivity index (χ1v) is 7.74. The quantitative estimate of drug-likeness (QED) is 0.936. The van der Waals surface area contributed by atoms with Crippen LogP contribution in [0.15, 0.2) is 36.7 Å². The van der Waals surface area contributed by atoms with E-state index in [0.29, 0.717) is 30.8 Å². The van der Waals surface area contributed by atoms with Gasteiger partial charge in [0.1, 0.15) is 5.82 Å². The normalized spacial score (nSPS) is 21.4. The molecule has 3 rings (SSSR count). The number of halogens is 1. The van der Waals surface area contributed by atoms with Crippen molar-refractivity contribution in [1.82, 2.24) is 14.5 Å². The number of carbonyl (C=O) groups excluding carboxylic acids is 1. The summed E-state index contributed by atoms with van der Waals surface area (Å²) < 4.78 is 15.4. The lowest BCUT2D eigenvalue weighted by Crippen LogP contribution is -2.47. The monoisotopic (exact) mass is 317 g/mol. The molecule has 23 heavy (non-hydrogen) atoms. The number of hydrogen-bond acceptors (Lipinski definition) is 3. The molecule has 1 fully saturated rings. The molecule has 6 heteroatoms. The number of aryl methyl sites for hydroxylation is 1. The number of imidazole rings is 1. The van der Waals surface area contributed by atoms with Gasteiger partial charge in [0, 0.05) is 32.5 Å². The van der Waals surface area contributed by atoms with Gasteiger partial charge in [-0.15, -0.1) is 0 Å². The number of amides is 1. The third-order valence-corrected chi connectivity index (χ3v) is 4.46. The van der Waals surface area contributed by atoms with Gasteiger partial charge in [0.15, 0.2) is 5.82 Å². The SMILES string of the molecule is Cn1ccnc1C(=O)N1CC[C@H](Cc2ccccc2F)[C@@H](O)C1.